The molecule has 0 bridgehead atoms. The molecule has 1 N–H and O–H groups in total. The van der Waals surface area contributed by atoms with Gasteiger partial charge in [0, 0.05) is 19.0 Å². The lowest BCUT2D eigenvalue weighted by Gasteiger charge is -2.16. The summed E-state index contributed by atoms with van der Waals surface area (Å²) in [5, 5.41) is 2.35. The number of likely N-dealkylation sites (N-methyl/N-ethyl adjacent to an activating group) is 1. The van der Waals surface area contributed by atoms with Gasteiger partial charge in [0.15, 0.2) is 0 Å². The van der Waals surface area contributed by atoms with Crippen molar-refractivity contribution in [2.24, 2.45) is 0 Å². The van der Waals surface area contributed by atoms with Gasteiger partial charge < -0.3 is 10.1 Å². The molecular weight excluding hydrogens is 240 g/mol. The molecule has 0 aliphatic carbocycles. The van der Waals surface area contributed by atoms with Gasteiger partial charge in [-0.05, 0) is 31.0 Å². The topological polar surface area (TPSA) is 46.2 Å². The van der Waals surface area contributed by atoms with E-state index < -0.39 is 23.5 Å². The first kappa shape index (κ1) is 14.3. The van der Waals surface area contributed by atoms with Gasteiger partial charge in [-0.3, -0.25) is 4.79 Å². The van der Waals surface area contributed by atoms with E-state index in [4.69, 9.17) is 0 Å². The van der Waals surface area contributed by atoms with Crippen molar-refractivity contribution in [1.29, 1.82) is 0 Å². The first-order chi connectivity index (χ1) is 8.51. The predicted molar refractivity (Wildman–Crippen MR) is 63.2 cm³/mol. The van der Waals surface area contributed by atoms with Crippen molar-refractivity contribution in [3.05, 3.63) is 34.9 Å². The SMILES string of the molecule is CNC(=O)C(CCC=O)c1c(F)cc(C)cc1F. The van der Waals surface area contributed by atoms with Gasteiger partial charge in [0.25, 0.3) is 0 Å². The molecule has 1 aromatic carbocycles. The Hall–Kier alpha value is -1.78. The molecule has 1 amide bonds. The molecular formula is C13H15F2NO2. The summed E-state index contributed by atoms with van der Waals surface area (Å²) in [4.78, 5) is 22.0. The van der Waals surface area contributed by atoms with E-state index in [-0.39, 0.29) is 18.4 Å². The number of carbonyl (C=O) groups is 2. The third-order valence-electron chi connectivity index (χ3n) is 2.71. The molecule has 0 spiro atoms. The number of rotatable bonds is 5. The molecule has 18 heavy (non-hydrogen) atoms. The van der Waals surface area contributed by atoms with Gasteiger partial charge in [0.05, 0.1) is 5.92 Å². The molecule has 0 saturated carbocycles. The van der Waals surface area contributed by atoms with Crippen molar-refractivity contribution in [2.75, 3.05) is 7.05 Å². The zero-order valence-electron chi connectivity index (χ0n) is 10.3. The van der Waals surface area contributed by atoms with Crippen LogP contribution < -0.4 is 5.32 Å². The van der Waals surface area contributed by atoms with Crippen LogP contribution in [0.3, 0.4) is 0 Å². The zero-order valence-corrected chi connectivity index (χ0v) is 10.3. The maximum absolute atomic E-state index is 13.8. The average Bonchev–Trinajstić information content (AvgIpc) is 2.31. The Bertz CT molecular complexity index is 437. The molecule has 0 radical (unpaired) electrons. The second kappa shape index (κ2) is 6.23. The lowest BCUT2D eigenvalue weighted by molar-refractivity contribution is -0.122. The van der Waals surface area contributed by atoms with Gasteiger partial charge >= 0.3 is 0 Å². The summed E-state index contributed by atoms with van der Waals surface area (Å²) in [6.45, 7) is 1.57. The molecule has 5 heteroatoms. The number of aldehydes is 1. The Kier molecular flexibility index (Phi) is 4.95. The molecule has 1 aromatic rings. The summed E-state index contributed by atoms with van der Waals surface area (Å²) < 4.78 is 27.6. The molecule has 0 aliphatic rings. The number of hydrogen-bond acceptors (Lipinski definition) is 2. The number of aryl methyl sites for hydroxylation is 1. The summed E-state index contributed by atoms with van der Waals surface area (Å²) in [5.74, 6) is -3.00. The Morgan fingerprint density at radius 3 is 2.39 bits per heavy atom. The van der Waals surface area contributed by atoms with E-state index in [9.17, 15) is 18.4 Å². The van der Waals surface area contributed by atoms with Gasteiger partial charge in [-0.15, -0.1) is 0 Å². The summed E-state index contributed by atoms with van der Waals surface area (Å²) in [5.41, 5.74) is 0.168. The van der Waals surface area contributed by atoms with Gasteiger partial charge in [-0.2, -0.15) is 0 Å². The summed E-state index contributed by atoms with van der Waals surface area (Å²) in [6, 6.07) is 2.35. The molecule has 0 aliphatic heterocycles. The Balaban J connectivity index is 3.19. The molecule has 1 atom stereocenters. The highest BCUT2D eigenvalue weighted by Gasteiger charge is 2.26. The maximum Gasteiger partial charge on any atom is 0.227 e. The number of nitrogens with one attached hydrogen (secondary N) is 1. The fourth-order valence-corrected chi connectivity index (χ4v) is 1.86. The van der Waals surface area contributed by atoms with Crippen LogP contribution in [0.1, 0.15) is 29.9 Å². The Morgan fingerprint density at radius 2 is 1.94 bits per heavy atom. The second-order valence-corrected chi connectivity index (χ2v) is 4.05. The highest BCUT2D eigenvalue weighted by Crippen LogP contribution is 2.27. The molecule has 0 saturated heterocycles. The van der Waals surface area contributed by atoms with Crippen LogP contribution in [0.5, 0.6) is 0 Å². The smallest absolute Gasteiger partial charge is 0.227 e. The molecule has 0 heterocycles. The minimum atomic E-state index is -0.985. The standard InChI is InChI=1S/C13H15F2NO2/c1-8-6-10(14)12(11(15)7-8)9(4-3-5-17)13(18)16-2/h5-7,9H,3-4H2,1-2H3,(H,16,18). The number of halogens is 2. The third-order valence-corrected chi connectivity index (χ3v) is 2.71. The quantitative estimate of drug-likeness (QED) is 0.819. The first-order valence-electron chi connectivity index (χ1n) is 5.62. The highest BCUT2D eigenvalue weighted by atomic mass is 19.1. The molecule has 0 aromatic heterocycles. The predicted octanol–water partition coefficient (Wildman–Crippen LogP) is 2.08. The fraction of sp³-hybridized carbons (Fsp3) is 0.385. The van der Waals surface area contributed by atoms with Crippen molar-refractivity contribution in [3.8, 4) is 0 Å². The monoisotopic (exact) mass is 255 g/mol. The van der Waals surface area contributed by atoms with Crippen molar-refractivity contribution >= 4 is 12.2 Å². The minimum Gasteiger partial charge on any atom is -0.359 e. The zero-order chi connectivity index (χ0) is 13.7. The van der Waals surface area contributed by atoms with Crippen LogP contribution in [0.2, 0.25) is 0 Å². The van der Waals surface area contributed by atoms with Crippen LogP contribution in [-0.2, 0) is 9.59 Å². The van der Waals surface area contributed by atoms with Crippen LogP contribution in [0.4, 0.5) is 8.78 Å². The van der Waals surface area contributed by atoms with Gasteiger partial charge in [0.2, 0.25) is 5.91 Å². The highest BCUT2D eigenvalue weighted by molar-refractivity contribution is 5.83. The van der Waals surface area contributed by atoms with E-state index in [1.165, 1.54) is 19.2 Å². The van der Waals surface area contributed by atoms with E-state index >= 15 is 0 Å². The van der Waals surface area contributed by atoms with Crippen molar-refractivity contribution in [1.82, 2.24) is 5.32 Å². The number of amides is 1. The normalized spacial score (nSPS) is 12.0. The minimum absolute atomic E-state index is 0.0742. The largest absolute Gasteiger partial charge is 0.359 e. The first-order valence-corrected chi connectivity index (χ1v) is 5.62. The summed E-state index contributed by atoms with van der Waals surface area (Å²) in [7, 11) is 1.39. The number of benzene rings is 1. The number of carbonyl (C=O) groups excluding carboxylic acids is 2. The maximum atomic E-state index is 13.8. The summed E-state index contributed by atoms with van der Waals surface area (Å²) >= 11 is 0. The average molecular weight is 255 g/mol. The van der Waals surface area contributed by atoms with Crippen LogP contribution in [0, 0.1) is 18.6 Å². The Morgan fingerprint density at radius 1 is 1.39 bits per heavy atom. The molecule has 98 valence electrons. The number of hydrogen-bond donors (Lipinski definition) is 1. The van der Waals surface area contributed by atoms with Crippen LogP contribution in [0.15, 0.2) is 12.1 Å². The van der Waals surface area contributed by atoms with E-state index in [0.29, 0.717) is 11.8 Å². The van der Waals surface area contributed by atoms with Gasteiger partial charge in [-0.25, -0.2) is 8.78 Å². The second-order valence-electron chi connectivity index (χ2n) is 4.05. The van der Waals surface area contributed by atoms with Crippen LogP contribution >= 0.6 is 0 Å². The molecule has 0 fully saturated rings. The molecule has 1 unspecified atom stereocenters. The fourth-order valence-electron chi connectivity index (χ4n) is 1.86. The van der Waals surface area contributed by atoms with E-state index in [0.717, 1.165) is 0 Å². The summed E-state index contributed by atoms with van der Waals surface area (Å²) in [6.07, 6.45) is 0.783. The van der Waals surface area contributed by atoms with Crippen molar-refractivity contribution in [2.45, 2.75) is 25.7 Å². The molecule has 3 nitrogen and oxygen atoms in total. The lowest BCUT2D eigenvalue weighted by Crippen LogP contribution is -2.27. The molecule has 1 rings (SSSR count). The lowest BCUT2D eigenvalue weighted by atomic mass is 9.92. The van der Waals surface area contributed by atoms with E-state index in [2.05, 4.69) is 5.32 Å². The Labute approximate surface area is 104 Å². The van der Waals surface area contributed by atoms with Gasteiger partial charge in [-0.1, -0.05) is 0 Å². The third kappa shape index (κ3) is 3.12. The van der Waals surface area contributed by atoms with Crippen molar-refractivity contribution < 1.29 is 18.4 Å². The van der Waals surface area contributed by atoms with E-state index in [1.807, 2.05) is 0 Å². The van der Waals surface area contributed by atoms with Crippen LogP contribution in [0.25, 0.3) is 0 Å². The van der Waals surface area contributed by atoms with Gasteiger partial charge in [0.1, 0.15) is 17.9 Å². The van der Waals surface area contributed by atoms with Crippen molar-refractivity contribution in [3.63, 3.8) is 0 Å². The van der Waals surface area contributed by atoms with E-state index in [1.54, 1.807) is 6.92 Å². The van der Waals surface area contributed by atoms with Crippen LogP contribution in [-0.4, -0.2) is 19.2 Å².